The highest BCUT2D eigenvalue weighted by Gasteiger charge is 2.46. The van der Waals surface area contributed by atoms with Crippen LogP contribution >= 0.6 is 0 Å². The summed E-state index contributed by atoms with van der Waals surface area (Å²) < 4.78 is 40.9. The van der Waals surface area contributed by atoms with Crippen LogP contribution in [0.3, 0.4) is 0 Å². The van der Waals surface area contributed by atoms with E-state index in [0.717, 1.165) is 108 Å². The van der Waals surface area contributed by atoms with E-state index in [2.05, 4.69) is 66.5 Å². The molecule has 3 saturated carbocycles. The molecule has 5 heterocycles. The van der Waals surface area contributed by atoms with E-state index in [4.69, 9.17) is 0 Å². The lowest BCUT2D eigenvalue weighted by Crippen LogP contribution is -2.59. The summed E-state index contributed by atoms with van der Waals surface area (Å²) in [5.41, 5.74) is 0.441. The second-order valence-corrected chi connectivity index (χ2v) is 21.1. The molecule has 2 aromatic heterocycles. The molecule has 0 radical (unpaired) electrons. The van der Waals surface area contributed by atoms with E-state index in [0.29, 0.717) is 49.1 Å². The van der Waals surface area contributed by atoms with Crippen molar-refractivity contribution in [1.29, 1.82) is 0 Å². The Balaban J connectivity index is 0.723. The Hall–Kier alpha value is -4.94. The molecule has 374 valence electrons. The third kappa shape index (κ3) is 10.7. The molecular weight excluding hydrogens is 888 g/mol. The van der Waals surface area contributed by atoms with E-state index < -0.39 is 23.7 Å². The molecule has 0 spiro atoms. The van der Waals surface area contributed by atoms with E-state index in [-0.39, 0.29) is 71.3 Å². The SMILES string of the molecule is CC(C)N(C)[C@@H]1CC[C@H](N2CC[C@H](Nc3ncnc4ccc(C(F)(F)F)cc34)C2=O)[C@H](NC(=O)[C@H]2CC[C@H](N3CCN(C4CC(CCNC(=O)[C@H]5CC(=O)N(C)[C@@H]5c5cccnc5)C4)CC3)CC2)C1. The minimum Gasteiger partial charge on any atom is -0.358 e. The van der Waals surface area contributed by atoms with Crippen molar-refractivity contribution in [2.75, 3.05) is 58.7 Å². The zero-order valence-corrected chi connectivity index (χ0v) is 40.5. The van der Waals surface area contributed by atoms with Gasteiger partial charge in [-0.15, -0.1) is 0 Å². The summed E-state index contributed by atoms with van der Waals surface area (Å²) in [4.78, 5) is 77.9. The van der Waals surface area contributed by atoms with Crippen molar-refractivity contribution in [3.63, 3.8) is 0 Å². The molecule has 3 N–H and O–H groups in total. The zero-order chi connectivity index (χ0) is 48.6. The number of alkyl halides is 3. The summed E-state index contributed by atoms with van der Waals surface area (Å²) in [5, 5.41) is 10.00. The monoisotopic (exact) mass is 958 g/mol. The Labute approximate surface area is 403 Å². The highest BCUT2D eigenvalue weighted by Crippen LogP contribution is 2.39. The molecular formula is C51H70F3N11O4. The number of carbonyl (C=O) groups is 4. The van der Waals surface area contributed by atoms with Gasteiger partial charge in [0.05, 0.1) is 35.1 Å². The van der Waals surface area contributed by atoms with Gasteiger partial charge in [-0.2, -0.15) is 13.2 Å². The number of benzene rings is 1. The number of pyridine rings is 1. The minimum absolute atomic E-state index is 0.0183. The van der Waals surface area contributed by atoms with Gasteiger partial charge in [0.1, 0.15) is 18.2 Å². The van der Waals surface area contributed by atoms with Crippen LogP contribution in [0.25, 0.3) is 10.9 Å². The quantitative estimate of drug-likeness (QED) is 0.188. The predicted octanol–water partition coefficient (Wildman–Crippen LogP) is 5.48. The standard InChI is InChI=1S/C51H70F3N11O4/c1-31(2)61(3)37-12-14-44(65-19-16-42(50(65)69)59-47-39-26-35(51(52,53)54)9-13-41(39)57-30-58-47)43(27-37)60-48(67)33-7-10-36(11-8-33)63-20-22-64(23-21-63)38-24-32(25-38)15-18-56-49(68)40-28-45(66)62(4)46(40)34-6-5-17-55-29-34/h5-6,9,13,17,26,29-33,36-38,40,42-44,46H,7-8,10-12,14-16,18-25,27-28H2,1-4H3,(H,56,68)(H,60,67)(H,57,58,59)/t32?,33-,36-,37-,38?,40+,42+,43-,44+,46-/m1/s1. The normalized spacial score (nSPS) is 30.6. The lowest BCUT2D eigenvalue weighted by molar-refractivity contribution is -0.137. The van der Waals surface area contributed by atoms with Crippen molar-refractivity contribution in [2.24, 2.45) is 17.8 Å². The molecule has 6 aliphatic rings. The first-order valence-electron chi connectivity index (χ1n) is 25.5. The molecule has 4 amide bonds. The van der Waals surface area contributed by atoms with Gasteiger partial charge in [0.2, 0.25) is 23.6 Å². The number of hydrogen-bond acceptors (Lipinski definition) is 11. The summed E-state index contributed by atoms with van der Waals surface area (Å²) in [5.74, 6) is 0.164. The van der Waals surface area contributed by atoms with Gasteiger partial charge in [0, 0.05) is 101 Å². The average Bonchev–Trinajstić information content (AvgIpc) is 3.85. The number of anilines is 1. The lowest BCUT2D eigenvalue weighted by Gasteiger charge is -2.48. The summed E-state index contributed by atoms with van der Waals surface area (Å²) >= 11 is 0. The predicted molar refractivity (Wildman–Crippen MR) is 255 cm³/mol. The van der Waals surface area contributed by atoms with E-state index >= 15 is 0 Å². The summed E-state index contributed by atoms with van der Waals surface area (Å²) in [6, 6.07) is 7.39. The van der Waals surface area contributed by atoms with Crippen LogP contribution < -0.4 is 16.0 Å². The number of hydrogen-bond donors (Lipinski definition) is 3. The van der Waals surface area contributed by atoms with Gasteiger partial charge in [-0.25, -0.2) is 9.97 Å². The van der Waals surface area contributed by atoms with Gasteiger partial charge in [-0.05, 0) is 127 Å². The summed E-state index contributed by atoms with van der Waals surface area (Å²) in [6.07, 6.45) is 10.1. The van der Waals surface area contributed by atoms with Crippen LogP contribution in [0.15, 0.2) is 49.1 Å². The molecule has 3 aliphatic heterocycles. The summed E-state index contributed by atoms with van der Waals surface area (Å²) in [6.45, 7) is 9.59. The number of nitrogens with zero attached hydrogens (tertiary/aromatic N) is 8. The number of halogens is 3. The first-order chi connectivity index (χ1) is 33.1. The molecule has 3 aliphatic carbocycles. The van der Waals surface area contributed by atoms with Gasteiger partial charge >= 0.3 is 6.18 Å². The number of piperazine rings is 1. The average molecular weight is 958 g/mol. The molecule has 6 atom stereocenters. The number of fused-ring (bicyclic) bond motifs is 1. The fourth-order valence-electron chi connectivity index (χ4n) is 12.5. The van der Waals surface area contributed by atoms with Crippen LogP contribution in [-0.4, -0.2) is 159 Å². The van der Waals surface area contributed by atoms with Gasteiger partial charge in [-0.3, -0.25) is 34.0 Å². The molecule has 6 fully saturated rings. The molecule has 3 saturated heterocycles. The van der Waals surface area contributed by atoms with Crippen molar-refractivity contribution in [3.8, 4) is 0 Å². The molecule has 3 aromatic rings. The Morgan fingerprint density at radius 2 is 1.62 bits per heavy atom. The van der Waals surface area contributed by atoms with Gasteiger partial charge in [0.15, 0.2) is 0 Å². The van der Waals surface area contributed by atoms with E-state index in [9.17, 15) is 32.3 Å². The second kappa shape index (κ2) is 20.8. The molecule has 9 rings (SSSR count). The van der Waals surface area contributed by atoms with Crippen molar-refractivity contribution in [2.45, 2.75) is 145 Å². The van der Waals surface area contributed by atoms with Gasteiger partial charge in [0.25, 0.3) is 0 Å². The maximum atomic E-state index is 14.2. The topological polar surface area (TPSA) is 159 Å². The number of nitrogens with one attached hydrogen (secondary N) is 3. The zero-order valence-electron chi connectivity index (χ0n) is 40.5. The van der Waals surface area contributed by atoms with E-state index in [1.807, 2.05) is 17.0 Å². The molecule has 18 heteroatoms. The second-order valence-electron chi connectivity index (χ2n) is 21.1. The van der Waals surface area contributed by atoms with Crippen LogP contribution in [-0.2, 0) is 25.4 Å². The molecule has 0 unspecified atom stereocenters. The number of amides is 4. The maximum absolute atomic E-state index is 14.2. The highest BCUT2D eigenvalue weighted by atomic mass is 19.4. The van der Waals surface area contributed by atoms with Crippen molar-refractivity contribution >= 4 is 40.3 Å². The Morgan fingerprint density at radius 1 is 0.884 bits per heavy atom. The summed E-state index contributed by atoms with van der Waals surface area (Å²) in [7, 11) is 3.89. The number of rotatable bonds is 14. The third-order valence-electron chi connectivity index (χ3n) is 16.9. The Morgan fingerprint density at radius 3 is 2.32 bits per heavy atom. The van der Waals surface area contributed by atoms with Crippen LogP contribution in [0.2, 0.25) is 0 Å². The van der Waals surface area contributed by atoms with Crippen LogP contribution in [0.4, 0.5) is 19.0 Å². The number of likely N-dealkylation sites (tertiary alicyclic amines) is 2. The van der Waals surface area contributed by atoms with Crippen LogP contribution in [0.5, 0.6) is 0 Å². The largest absolute Gasteiger partial charge is 0.416 e. The molecule has 15 nitrogen and oxygen atoms in total. The molecule has 1 aromatic carbocycles. The Kier molecular flexibility index (Phi) is 14.8. The third-order valence-corrected chi connectivity index (χ3v) is 16.9. The lowest BCUT2D eigenvalue weighted by atomic mass is 9.77. The van der Waals surface area contributed by atoms with E-state index in [1.54, 1.807) is 24.3 Å². The number of aromatic nitrogens is 3. The van der Waals surface area contributed by atoms with Crippen LogP contribution in [0.1, 0.15) is 108 Å². The van der Waals surface area contributed by atoms with Crippen molar-refractivity contribution in [3.05, 3.63) is 60.2 Å². The first kappa shape index (κ1) is 49.1. The Bertz CT molecular complexity index is 2300. The first-order valence-corrected chi connectivity index (χ1v) is 25.5. The fraction of sp³-hybridized carbons (Fsp3) is 0.667. The smallest absolute Gasteiger partial charge is 0.358 e. The van der Waals surface area contributed by atoms with Gasteiger partial charge in [-0.1, -0.05) is 6.07 Å². The molecule has 69 heavy (non-hydrogen) atoms. The van der Waals surface area contributed by atoms with Crippen molar-refractivity contribution < 1.29 is 32.3 Å². The fourth-order valence-corrected chi connectivity index (χ4v) is 12.5. The van der Waals surface area contributed by atoms with Gasteiger partial charge < -0.3 is 30.7 Å². The highest BCUT2D eigenvalue weighted by molar-refractivity contribution is 5.93. The maximum Gasteiger partial charge on any atom is 0.416 e. The number of carbonyl (C=O) groups excluding carboxylic acids is 4. The van der Waals surface area contributed by atoms with Crippen LogP contribution in [0, 0.1) is 17.8 Å². The molecule has 0 bridgehead atoms. The van der Waals surface area contributed by atoms with Crippen molar-refractivity contribution in [1.82, 2.24) is 50.1 Å². The van der Waals surface area contributed by atoms with E-state index in [1.165, 1.54) is 12.4 Å². The minimum atomic E-state index is -4.53.